The van der Waals surface area contributed by atoms with Crippen LogP contribution in [0.2, 0.25) is 0 Å². The molecule has 0 atom stereocenters. The predicted octanol–water partition coefficient (Wildman–Crippen LogP) is 4.06. The molecule has 3 rings (SSSR count). The smallest absolute Gasteiger partial charge is 0.258 e. The Morgan fingerprint density at radius 1 is 1.09 bits per heavy atom. The van der Waals surface area contributed by atoms with Gasteiger partial charge in [0.15, 0.2) is 0 Å². The molecule has 0 radical (unpaired) electrons. The Morgan fingerprint density at radius 3 is 2.41 bits per heavy atom. The Hall–Kier alpha value is -2.36. The largest absolute Gasteiger partial charge is 0.497 e. The van der Waals surface area contributed by atoms with Crippen LogP contribution in [-0.4, -0.2) is 19.6 Å². The second kappa shape index (κ2) is 7.07. The lowest BCUT2D eigenvalue weighted by atomic mass is 9.98. The highest BCUT2D eigenvalue weighted by Gasteiger charge is 2.25. The first-order chi connectivity index (χ1) is 10.7. The highest BCUT2D eigenvalue weighted by molar-refractivity contribution is 6.08. The topological polar surface area (TPSA) is 29.5 Å². The average Bonchev–Trinajstić information content (AvgIpc) is 2.58. The highest BCUT2D eigenvalue weighted by atomic mass is 19.1. The second-order valence-corrected chi connectivity index (χ2v) is 4.71. The van der Waals surface area contributed by atoms with Crippen molar-refractivity contribution in [3.05, 3.63) is 59.4 Å². The van der Waals surface area contributed by atoms with Crippen LogP contribution in [0.1, 0.15) is 29.8 Å². The molecule has 0 N–H and O–H groups in total. The molecule has 1 heterocycles. The summed E-state index contributed by atoms with van der Waals surface area (Å²) in [5.41, 5.74) is 2.40. The fourth-order valence-corrected chi connectivity index (χ4v) is 2.46. The van der Waals surface area contributed by atoms with Crippen molar-refractivity contribution in [2.75, 3.05) is 18.6 Å². The average molecular weight is 301 g/mol. The number of halogens is 1. The van der Waals surface area contributed by atoms with E-state index in [1.54, 1.807) is 36.3 Å². The van der Waals surface area contributed by atoms with E-state index < -0.39 is 0 Å². The molecule has 1 aliphatic rings. The zero-order valence-corrected chi connectivity index (χ0v) is 13.1. The fourth-order valence-electron chi connectivity index (χ4n) is 2.46. The Bertz CT molecular complexity index is 653. The van der Waals surface area contributed by atoms with Gasteiger partial charge in [0.05, 0.1) is 7.11 Å². The van der Waals surface area contributed by atoms with Crippen LogP contribution in [0.4, 0.5) is 10.1 Å². The monoisotopic (exact) mass is 301 g/mol. The minimum absolute atomic E-state index is 0.0551. The maximum Gasteiger partial charge on any atom is 0.258 e. The van der Waals surface area contributed by atoms with Crippen molar-refractivity contribution in [3.63, 3.8) is 0 Å². The first-order valence-electron chi connectivity index (χ1n) is 7.43. The molecule has 1 amide bonds. The number of anilines is 1. The number of carbonyl (C=O) groups is 1. The van der Waals surface area contributed by atoms with Gasteiger partial charge in [0, 0.05) is 17.8 Å². The molecule has 3 nitrogen and oxygen atoms in total. The summed E-state index contributed by atoms with van der Waals surface area (Å²) in [5.74, 6) is 0.399. The Balaban J connectivity index is 0.000000847. The van der Waals surface area contributed by atoms with Crippen molar-refractivity contribution in [1.29, 1.82) is 0 Å². The van der Waals surface area contributed by atoms with E-state index in [0.717, 1.165) is 23.4 Å². The first kappa shape index (κ1) is 16.0. The lowest BCUT2D eigenvalue weighted by Crippen LogP contribution is -2.37. The molecule has 0 unspecified atom stereocenters. The first-order valence-corrected chi connectivity index (χ1v) is 7.43. The summed E-state index contributed by atoms with van der Waals surface area (Å²) in [5, 5.41) is 0. The Morgan fingerprint density at radius 2 is 1.77 bits per heavy atom. The molecule has 2 aromatic rings. The van der Waals surface area contributed by atoms with Crippen LogP contribution in [0.3, 0.4) is 0 Å². The van der Waals surface area contributed by atoms with Gasteiger partial charge in [-0.3, -0.25) is 4.79 Å². The van der Waals surface area contributed by atoms with Crippen LogP contribution < -0.4 is 9.64 Å². The van der Waals surface area contributed by atoms with E-state index in [-0.39, 0.29) is 11.7 Å². The van der Waals surface area contributed by atoms with E-state index >= 15 is 0 Å². The number of fused-ring (bicyclic) bond motifs is 1. The number of carbonyl (C=O) groups excluding carboxylic acids is 1. The zero-order valence-electron chi connectivity index (χ0n) is 13.1. The van der Waals surface area contributed by atoms with E-state index in [9.17, 15) is 9.18 Å². The molecule has 4 heteroatoms. The third-order valence-electron chi connectivity index (χ3n) is 3.53. The summed E-state index contributed by atoms with van der Waals surface area (Å²) in [6.45, 7) is 4.59. The van der Waals surface area contributed by atoms with Gasteiger partial charge in [-0.2, -0.15) is 0 Å². The summed E-state index contributed by atoms with van der Waals surface area (Å²) < 4.78 is 18.1. The number of ether oxygens (including phenoxy) is 1. The van der Waals surface area contributed by atoms with E-state index in [2.05, 4.69) is 0 Å². The van der Waals surface area contributed by atoms with Crippen molar-refractivity contribution in [2.24, 2.45) is 0 Å². The van der Waals surface area contributed by atoms with Gasteiger partial charge in [-0.15, -0.1) is 0 Å². The van der Waals surface area contributed by atoms with Gasteiger partial charge >= 0.3 is 0 Å². The van der Waals surface area contributed by atoms with E-state index in [1.165, 1.54) is 12.1 Å². The summed E-state index contributed by atoms with van der Waals surface area (Å²) in [6.07, 6.45) is 0.760. The Kier molecular flexibility index (Phi) is 5.15. The van der Waals surface area contributed by atoms with Gasteiger partial charge in [-0.1, -0.05) is 13.8 Å². The Labute approximate surface area is 130 Å². The number of rotatable bonds is 2. The van der Waals surface area contributed by atoms with Crippen LogP contribution in [0.5, 0.6) is 5.75 Å². The molecule has 0 aliphatic carbocycles. The van der Waals surface area contributed by atoms with Crippen LogP contribution in [0.25, 0.3) is 0 Å². The summed E-state index contributed by atoms with van der Waals surface area (Å²) >= 11 is 0. The molecule has 0 aromatic heterocycles. The van der Waals surface area contributed by atoms with Gasteiger partial charge in [0.25, 0.3) is 5.91 Å². The van der Waals surface area contributed by atoms with Crippen molar-refractivity contribution in [2.45, 2.75) is 20.3 Å². The molecule has 0 spiro atoms. The predicted molar refractivity (Wildman–Crippen MR) is 86.1 cm³/mol. The van der Waals surface area contributed by atoms with Crippen molar-refractivity contribution in [3.8, 4) is 5.75 Å². The lowest BCUT2D eigenvalue weighted by Gasteiger charge is -2.28. The number of methoxy groups -OCH3 is 1. The van der Waals surface area contributed by atoms with Crippen molar-refractivity contribution < 1.29 is 13.9 Å². The molecule has 0 fully saturated rings. The van der Waals surface area contributed by atoms with Gasteiger partial charge in [0.1, 0.15) is 11.6 Å². The number of hydrogen-bond acceptors (Lipinski definition) is 2. The molecule has 0 bridgehead atoms. The van der Waals surface area contributed by atoms with E-state index in [0.29, 0.717) is 12.1 Å². The third-order valence-corrected chi connectivity index (χ3v) is 3.53. The van der Waals surface area contributed by atoms with E-state index in [1.807, 2.05) is 19.9 Å². The van der Waals surface area contributed by atoms with Gasteiger partial charge < -0.3 is 9.64 Å². The minimum Gasteiger partial charge on any atom is -0.497 e. The zero-order chi connectivity index (χ0) is 16.1. The van der Waals surface area contributed by atoms with Crippen molar-refractivity contribution >= 4 is 11.6 Å². The molecule has 0 saturated carbocycles. The number of hydrogen-bond donors (Lipinski definition) is 0. The summed E-state index contributed by atoms with van der Waals surface area (Å²) in [7, 11) is 1.61. The van der Waals surface area contributed by atoms with Gasteiger partial charge in [0.2, 0.25) is 0 Å². The number of amides is 1. The van der Waals surface area contributed by atoms with Crippen LogP contribution in [0, 0.1) is 5.82 Å². The number of benzene rings is 2. The van der Waals surface area contributed by atoms with Gasteiger partial charge in [-0.25, -0.2) is 4.39 Å². The van der Waals surface area contributed by atoms with Crippen LogP contribution in [-0.2, 0) is 6.42 Å². The molecule has 2 aromatic carbocycles. The standard InChI is InChI=1S/C16H14FNO2.C2H6/c1-20-14-6-7-15-11(10-14)8-9-18(16(15)19)13-4-2-12(17)3-5-13;1-2/h2-7,10H,8-9H2,1H3;1-2H3. The minimum atomic E-state index is -0.302. The fraction of sp³-hybridized carbons (Fsp3) is 0.278. The molecule has 1 aliphatic heterocycles. The molecule has 0 saturated heterocycles. The third kappa shape index (κ3) is 3.11. The number of nitrogens with zero attached hydrogens (tertiary/aromatic N) is 1. The quantitative estimate of drug-likeness (QED) is 0.837. The van der Waals surface area contributed by atoms with Crippen LogP contribution in [0.15, 0.2) is 42.5 Å². The molecule has 116 valence electrons. The second-order valence-electron chi connectivity index (χ2n) is 4.71. The SMILES string of the molecule is CC.COc1ccc2c(c1)CCN(c1ccc(F)cc1)C2=O. The highest BCUT2D eigenvalue weighted by Crippen LogP contribution is 2.27. The molecular weight excluding hydrogens is 281 g/mol. The summed E-state index contributed by atoms with van der Waals surface area (Å²) in [6, 6.07) is 11.5. The maximum absolute atomic E-state index is 13.0. The maximum atomic E-state index is 13.0. The normalized spacial score (nSPS) is 13.1. The van der Waals surface area contributed by atoms with Crippen molar-refractivity contribution in [1.82, 2.24) is 0 Å². The molecule has 22 heavy (non-hydrogen) atoms. The van der Waals surface area contributed by atoms with Gasteiger partial charge in [-0.05, 0) is 54.4 Å². The van der Waals surface area contributed by atoms with Crippen LogP contribution >= 0.6 is 0 Å². The summed E-state index contributed by atoms with van der Waals surface area (Å²) in [4.78, 5) is 14.2. The lowest BCUT2D eigenvalue weighted by molar-refractivity contribution is 0.0980. The van der Waals surface area contributed by atoms with E-state index in [4.69, 9.17) is 4.74 Å². The molecular formula is C18H20FNO2.